The first-order valence-electron chi connectivity index (χ1n) is 6.56. The Kier molecular flexibility index (Phi) is 4.52. The Morgan fingerprint density at radius 3 is 2.38 bits per heavy atom. The first kappa shape index (κ1) is 15.0. The van der Waals surface area contributed by atoms with Crippen molar-refractivity contribution in [2.45, 2.75) is 19.4 Å². The van der Waals surface area contributed by atoms with E-state index in [0.29, 0.717) is 6.42 Å². The van der Waals surface area contributed by atoms with Crippen LogP contribution in [-0.4, -0.2) is 11.9 Å². The lowest BCUT2D eigenvalue weighted by atomic mass is 10.1. The summed E-state index contributed by atoms with van der Waals surface area (Å²) in [5, 5.41) is 2.78. The van der Waals surface area contributed by atoms with Gasteiger partial charge in [-0.2, -0.15) is 0 Å². The third kappa shape index (κ3) is 4.02. The van der Waals surface area contributed by atoms with Gasteiger partial charge >= 0.3 is 0 Å². The molecule has 1 amide bonds. The van der Waals surface area contributed by atoms with Gasteiger partial charge in [-0.05, 0) is 49.2 Å². The summed E-state index contributed by atoms with van der Waals surface area (Å²) in [6.45, 7) is 1.83. The highest BCUT2D eigenvalue weighted by atomic mass is 19.1. The van der Waals surface area contributed by atoms with Crippen molar-refractivity contribution >= 4 is 11.6 Å². The highest BCUT2D eigenvalue weighted by Crippen LogP contribution is 2.14. The zero-order chi connectivity index (χ0) is 15.4. The number of rotatable bonds is 4. The highest BCUT2D eigenvalue weighted by molar-refractivity contribution is 5.99. The number of anilines is 1. The molecule has 3 nitrogen and oxygen atoms in total. The number of amides is 1. The molecular weight excluding hydrogens is 274 g/mol. The smallest absolute Gasteiger partial charge is 0.253 e. The van der Waals surface area contributed by atoms with Crippen molar-refractivity contribution in [3.63, 3.8) is 0 Å². The van der Waals surface area contributed by atoms with Crippen LogP contribution in [0.4, 0.5) is 14.5 Å². The maximum Gasteiger partial charge on any atom is 0.253 e. The maximum atomic E-state index is 13.0. The summed E-state index contributed by atoms with van der Waals surface area (Å²) in [5.74, 6) is -1.14. The molecule has 0 aromatic heterocycles. The van der Waals surface area contributed by atoms with Crippen molar-refractivity contribution in [3.05, 3.63) is 65.2 Å². The summed E-state index contributed by atoms with van der Waals surface area (Å²) < 4.78 is 25.8. The number of nitrogens with one attached hydrogen (secondary N) is 1. The van der Waals surface area contributed by atoms with Crippen LogP contribution in [0.15, 0.2) is 42.5 Å². The second-order valence-electron chi connectivity index (χ2n) is 4.94. The molecule has 0 aliphatic heterocycles. The number of carbonyl (C=O) groups is 1. The van der Waals surface area contributed by atoms with Crippen molar-refractivity contribution in [2.75, 3.05) is 5.73 Å². The number of hydrogen-bond acceptors (Lipinski definition) is 2. The fourth-order valence-electron chi connectivity index (χ4n) is 2.07. The molecule has 0 heterocycles. The largest absolute Gasteiger partial charge is 0.398 e. The van der Waals surface area contributed by atoms with E-state index < -0.39 is 5.82 Å². The Balaban J connectivity index is 2.00. The molecule has 110 valence electrons. The maximum absolute atomic E-state index is 13.0. The zero-order valence-electron chi connectivity index (χ0n) is 11.6. The molecule has 0 aliphatic rings. The number of halogens is 2. The number of hydrogen-bond donors (Lipinski definition) is 2. The van der Waals surface area contributed by atoms with E-state index in [-0.39, 0.29) is 29.0 Å². The van der Waals surface area contributed by atoms with Crippen LogP contribution in [0.5, 0.6) is 0 Å². The molecule has 2 aromatic rings. The fraction of sp³-hybridized carbons (Fsp3) is 0.188. The molecule has 0 fully saturated rings. The van der Waals surface area contributed by atoms with Crippen molar-refractivity contribution in [3.8, 4) is 0 Å². The average molecular weight is 290 g/mol. The molecule has 0 saturated heterocycles. The first-order chi connectivity index (χ1) is 9.95. The van der Waals surface area contributed by atoms with Gasteiger partial charge in [0, 0.05) is 11.7 Å². The van der Waals surface area contributed by atoms with Crippen LogP contribution >= 0.6 is 0 Å². The van der Waals surface area contributed by atoms with E-state index >= 15 is 0 Å². The van der Waals surface area contributed by atoms with Gasteiger partial charge in [-0.1, -0.05) is 12.1 Å². The van der Waals surface area contributed by atoms with Gasteiger partial charge in [0.1, 0.15) is 11.6 Å². The minimum atomic E-state index is -0.483. The normalized spacial score (nSPS) is 12.0. The predicted octanol–water partition coefficient (Wildman–Crippen LogP) is 2.91. The van der Waals surface area contributed by atoms with Gasteiger partial charge in [-0.15, -0.1) is 0 Å². The molecule has 1 atom stereocenters. The summed E-state index contributed by atoms with van der Waals surface area (Å²) in [6.07, 6.45) is 0.563. The second-order valence-corrected chi connectivity index (χ2v) is 4.94. The van der Waals surface area contributed by atoms with Crippen molar-refractivity contribution in [1.29, 1.82) is 0 Å². The highest BCUT2D eigenvalue weighted by Gasteiger charge is 2.13. The quantitative estimate of drug-likeness (QED) is 0.851. The number of nitrogens with two attached hydrogens (primary N) is 1. The van der Waals surface area contributed by atoms with E-state index in [2.05, 4.69) is 5.32 Å². The van der Waals surface area contributed by atoms with Crippen molar-refractivity contribution < 1.29 is 13.6 Å². The van der Waals surface area contributed by atoms with Gasteiger partial charge < -0.3 is 11.1 Å². The molecule has 3 N–H and O–H groups in total. The van der Waals surface area contributed by atoms with E-state index in [0.717, 1.165) is 11.6 Å². The Hall–Kier alpha value is -2.43. The third-order valence-corrected chi connectivity index (χ3v) is 3.09. The minimum Gasteiger partial charge on any atom is -0.398 e. The van der Waals surface area contributed by atoms with E-state index in [9.17, 15) is 13.6 Å². The molecule has 0 saturated carbocycles. The fourth-order valence-corrected chi connectivity index (χ4v) is 2.07. The number of nitrogen functional groups attached to an aromatic ring is 1. The van der Waals surface area contributed by atoms with E-state index in [1.54, 1.807) is 12.1 Å². The van der Waals surface area contributed by atoms with Crippen LogP contribution in [0.1, 0.15) is 22.8 Å². The van der Waals surface area contributed by atoms with Gasteiger partial charge in [0.15, 0.2) is 0 Å². The molecule has 0 bridgehead atoms. The van der Waals surface area contributed by atoms with Gasteiger partial charge in [-0.25, -0.2) is 8.78 Å². The van der Waals surface area contributed by atoms with Crippen molar-refractivity contribution in [2.24, 2.45) is 0 Å². The predicted molar refractivity (Wildman–Crippen MR) is 77.8 cm³/mol. The van der Waals surface area contributed by atoms with Crippen molar-refractivity contribution in [1.82, 2.24) is 5.32 Å². The number of carbonyl (C=O) groups excluding carboxylic acids is 1. The lowest BCUT2D eigenvalue weighted by molar-refractivity contribution is 0.0941. The third-order valence-electron chi connectivity index (χ3n) is 3.09. The van der Waals surface area contributed by atoms with Crippen LogP contribution < -0.4 is 11.1 Å². The summed E-state index contributed by atoms with van der Waals surface area (Å²) in [5.41, 5.74) is 6.87. The molecule has 0 aliphatic carbocycles. The monoisotopic (exact) mass is 290 g/mol. The lowest BCUT2D eigenvalue weighted by Gasteiger charge is -2.15. The SMILES string of the molecule is CC(Cc1ccc(F)cc1)NC(=O)c1ccc(F)cc1N. The standard InChI is InChI=1S/C16H16F2N2O/c1-10(8-11-2-4-12(17)5-3-11)20-16(21)14-7-6-13(18)9-15(14)19/h2-7,9-10H,8,19H2,1H3,(H,20,21). The van der Waals surface area contributed by atoms with Crippen LogP contribution in [0.25, 0.3) is 0 Å². The van der Waals surface area contributed by atoms with Crippen LogP contribution in [0.3, 0.4) is 0 Å². The molecule has 5 heteroatoms. The molecular formula is C16H16F2N2O. The summed E-state index contributed by atoms with van der Waals surface area (Å²) in [4.78, 5) is 12.1. The van der Waals surface area contributed by atoms with Gasteiger partial charge in [0.25, 0.3) is 5.91 Å². The Morgan fingerprint density at radius 1 is 1.14 bits per heavy atom. The van der Waals surface area contributed by atoms with Crippen LogP contribution in [0.2, 0.25) is 0 Å². The molecule has 1 unspecified atom stereocenters. The minimum absolute atomic E-state index is 0.0986. The summed E-state index contributed by atoms with van der Waals surface area (Å²) in [7, 11) is 0. The van der Waals surface area contributed by atoms with Crippen LogP contribution in [0, 0.1) is 11.6 Å². The molecule has 21 heavy (non-hydrogen) atoms. The summed E-state index contributed by atoms with van der Waals surface area (Å²) >= 11 is 0. The first-order valence-corrected chi connectivity index (χ1v) is 6.56. The molecule has 2 rings (SSSR count). The Labute approximate surface area is 121 Å². The van der Waals surface area contributed by atoms with Gasteiger partial charge in [-0.3, -0.25) is 4.79 Å². The van der Waals surface area contributed by atoms with E-state index in [1.807, 2.05) is 6.92 Å². The zero-order valence-corrected chi connectivity index (χ0v) is 11.6. The molecule has 2 aromatic carbocycles. The van der Waals surface area contributed by atoms with E-state index in [1.165, 1.54) is 24.3 Å². The number of benzene rings is 2. The van der Waals surface area contributed by atoms with E-state index in [4.69, 9.17) is 5.73 Å². The molecule has 0 radical (unpaired) electrons. The van der Waals surface area contributed by atoms with Gasteiger partial charge in [0.2, 0.25) is 0 Å². The summed E-state index contributed by atoms with van der Waals surface area (Å²) in [6, 6.07) is 9.59. The Bertz CT molecular complexity index is 641. The van der Waals surface area contributed by atoms with Crippen LogP contribution in [-0.2, 0) is 6.42 Å². The lowest BCUT2D eigenvalue weighted by Crippen LogP contribution is -2.34. The Morgan fingerprint density at radius 2 is 1.76 bits per heavy atom. The topological polar surface area (TPSA) is 55.1 Å². The van der Waals surface area contributed by atoms with Gasteiger partial charge in [0.05, 0.1) is 5.56 Å². The second kappa shape index (κ2) is 6.35. The molecule has 0 spiro atoms. The average Bonchev–Trinajstić information content (AvgIpc) is 2.41.